The minimum atomic E-state index is -4.65. The Morgan fingerprint density at radius 2 is 1.83 bits per heavy atom. The summed E-state index contributed by atoms with van der Waals surface area (Å²) in [6, 6.07) is 11.8. The summed E-state index contributed by atoms with van der Waals surface area (Å²) in [4.78, 5) is 4.89. The molecule has 23 heavy (non-hydrogen) atoms. The molecular weight excluding hydrogens is 375 g/mol. The highest BCUT2D eigenvalue weighted by molar-refractivity contribution is 9.10. The van der Waals surface area contributed by atoms with E-state index in [2.05, 4.69) is 21.1 Å². The Morgan fingerprint density at radius 1 is 1.13 bits per heavy atom. The van der Waals surface area contributed by atoms with E-state index < -0.39 is 18.2 Å². The van der Waals surface area contributed by atoms with E-state index in [4.69, 9.17) is 4.84 Å². The molecule has 0 spiro atoms. The van der Waals surface area contributed by atoms with Crippen molar-refractivity contribution in [1.82, 2.24) is 0 Å². The first kappa shape index (κ1) is 15.9. The van der Waals surface area contributed by atoms with Crippen LogP contribution < -0.4 is 0 Å². The maximum atomic E-state index is 13.7. The monoisotopic (exact) mass is 385 g/mol. The van der Waals surface area contributed by atoms with Crippen LogP contribution in [0.15, 0.2) is 58.2 Å². The van der Waals surface area contributed by atoms with Crippen molar-refractivity contribution in [3.05, 3.63) is 64.1 Å². The van der Waals surface area contributed by atoms with Gasteiger partial charge in [0.25, 0.3) is 5.60 Å². The van der Waals surface area contributed by atoms with Gasteiger partial charge in [-0.1, -0.05) is 51.4 Å². The molecule has 0 aliphatic carbocycles. The van der Waals surface area contributed by atoms with Crippen molar-refractivity contribution in [2.75, 3.05) is 0 Å². The zero-order valence-electron chi connectivity index (χ0n) is 11.6. The smallest absolute Gasteiger partial charge is 0.435 e. The summed E-state index contributed by atoms with van der Waals surface area (Å²) in [5.74, 6) is -0.151. The molecule has 2 aromatic rings. The van der Waals surface area contributed by atoms with Crippen molar-refractivity contribution in [3.63, 3.8) is 0 Å². The molecule has 3 nitrogen and oxygen atoms in total. The second-order valence-electron chi connectivity index (χ2n) is 5.16. The summed E-state index contributed by atoms with van der Waals surface area (Å²) >= 11 is 3.23. The van der Waals surface area contributed by atoms with Gasteiger partial charge in [0.05, 0.1) is 12.1 Å². The maximum absolute atomic E-state index is 13.7. The topological polar surface area (TPSA) is 41.8 Å². The lowest BCUT2D eigenvalue weighted by Crippen LogP contribution is -2.42. The minimum absolute atomic E-state index is 0.0271. The van der Waals surface area contributed by atoms with Crippen molar-refractivity contribution >= 4 is 21.6 Å². The molecule has 1 atom stereocenters. The second kappa shape index (κ2) is 5.56. The van der Waals surface area contributed by atoms with Gasteiger partial charge in [0.1, 0.15) is 5.75 Å². The zero-order valence-corrected chi connectivity index (χ0v) is 13.2. The summed E-state index contributed by atoms with van der Waals surface area (Å²) in [6.07, 6.45) is -5.16. The van der Waals surface area contributed by atoms with Gasteiger partial charge in [-0.05, 0) is 18.2 Å². The third-order valence-electron chi connectivity index (χ3n) is 3.70. The predicted octanol–water partition coefficient (Wildman–Crippen LogP) is 4.74. The van der Waals surface area contributed by atoms with Crippen LogP contribution in [-0.2, 0) is 10.4 Å². The molecule has 120 valence electrons. The van der Waals surface area contributed by atoms with E-state index >= 15 is 0 Å². The highest BCUT2D eigenvalue weighted by atomic mass is 79.9. The first-order valence-corrected chi connectivity index (χ1v) is 7.49. The standard InChI is InChI=1S/C16H11BrF3NO2/c17-11-6-7-14(22)12(8-11)13-9-15(23-21-13,16(18,19)20)10-4-2-1-3-5-10/h1-8,22H,9H2/t15-/m0/s1. The molecule has 3 rings (SSSR count). The van der Waals surface area contributed by atoms with Crippen molar-refractivity contribution in [2.45, 2.75) is 18.2 Å². The number of benzene rings is 2. The maximum Gasteiger partial charge on any atom is 0.435 e. The van der Waals surface area contributed by atoms with Gasteiger partial charge in [0.2, 0.25) is 0 Å². The number of hydrogen-bond donors (Lipinski definition) is 1. The molecule has 0 bridgehead atoms. The first-order valence-electron chi connectivity index (χ1n) is 6.70. The fourth-order valence-electron chi connectivity index (χ4n) is 2.49. The molecule has 0 unspecified atom stereocenters. The Morgan fingerprint density at radius 3 is 2.48 bits per heavy atom. The Kier molecular flexibility index (Phi) is 3.83. The molecule has 0 radical (unpaired) electrons. The van der Waals surface area contributed by atoms with E-state index in [1.165, 1.54) is 36.4 Å². The molecule has 1 N–H and O–H groups in total. The lowest BCUT2D eigenvalue weighted by Gasteiger charge is -2.29. The number of nitrogens with zero attached hydrogens (tertiary/aromatic N) is 1. The number of halogens is 4. The summed E-state index contributed by atoms with van der Waals surface area (Å²) < 4.78 is 41.7. The third-order valence-corrected chi connectivity index (χ3v) is 4.19. The number of rotatable bonds is 2. The quantitative estimate of drug-likeness (QED) is 0.811. The summed E-state index contributed by atoms with van der Waals surface area (Å²) in [5.41, 5.74) is -2.31. The van der Waals surface area contributed by atoms with Crippen LogP contribution in [0.25, 0.3) is 0 Å². The second-order valence-corrected chi connectivity index (χ2v) is 6.07. The Bertz CT molecular complexity index is 762. The van der Waals surface area contributed by atoms with Crippen LogP contribution in [0.1, 0.15) is 17.5 Å². The van der Waals surface area contributed by atoms with Crippen LogP contribution in [0.2, 0.25) is 0 Å². The van der Waals surface area contributed by atoms with Crippen LogP contribution in [0.4, 0.5) is 13.2 Å². The van der Waals surface area contributed by atoms with Crippen LogP contribution in [0, 0.1) is 0 Å². The highest BCUT2D eigenvalue weighted by Gasteiger charge is 2.62. The fraction of sp³-hybridized carbons (Fsp3) is 0.188. The normalized spacial score (nSPS) is 21.0. The number of phenols is 1. The van der Waals surface area contributed by atoms with E-state index in [9.17, 15) is 18.3 Å². The van der Waals surface area contributed by atoms with Gasteiger partial charge in [-0.25, -0.2) is 0 Å². The molecular formula is C16H11BrF3NO2. The van der Waals surface area contributed by atoms with Gasteiger partial charge in [0.15, 0.2) is 0 Å². The Balaban J connectivity index is 2.03. The molecule has 0 saturated carbocycles. The average molecular weight is 386 g/mol. The van der Waals surface area contributed by atoms with E-state index in [0.29, 0.717) is 4.47 Å². The average Bonchev–Trinajstić information content (AvgIpc) is 2.97. The van der Waals surface area contributed by atoms with Gasteiger partial charge < -0.3 is 9.94 Å². The van der Waals surface area contributed by atoms with Gasteiger partial charge in [-0.2, -0.15) is 13.2 Å². The first-order chi connectivity index (χ1) is 10.8. The Labute approximate surface area is 138 Å². The lowest BCUT2D eigenvalue weighted by molar-refractivity contribution is -0.275. The summed E-state index contributed by atoms with van der Waals surface area (Å²) in [7, 11) is 0. The number of aromatic hydroxyl groups is 1. The highest BCUT2D eigenvalue weighted by Crippen LogP contribution is 2.49. The zero-order chi connectivity index (χ0) is 16.7. The largest absolute Gasteiger partial charge is 0.507 e. The van der Waals surface area contributed by atoms with Crippen LogP contribution in [-0.4, -0.2) is 17.0 Å². The van der Waals surface area contributed by atoms with Crippen molar-refractivity contribution in [1.29, 1.82) is 0 Å². The van der Waals surface area contributed by atoms with Crippen LogP contribution in [0.5, 0.6) is 5.75 Å². The van der Waals surface area contributed by atoms with Crippen molar-refractivity contribution in [2.24, 2.45) is 5.16 Å². The number of phenolic OH excluding ortho intramolecular Hbond substituents is 1. The molecule has 0 saturated heterocycles. The molecule has 7 heteroatoms. The number of hydrogen-bond acceptors (Lipinski definition) is 3. The Hall–Kier alpha value is -2.02. The molecule has 0 fully saturated rings. The van der Waals surface area contributed by atoms with Crippen LogP contribution in [0.3, 0.4) is 0 Å². The SMILES string of the molecule is Oc1ccc(Br)cc1C1=NO[C@@](c2ccccc2)(C(F)(F)F)C1. The van der Waals surface area contributed by atoms with Gasteiger partial charge in [-0.15, -0.1) is 0 Å². The molecule has 2 aromatic carbocycles. The molecule has 1 aliphatic heterocycles. The lowest BCUT2D eigenvalue weighted by atomic mass is 9.86. The van der Waals surface area contributed by atoms with E-state index in [1.54, 1.807) is 12.1 Å². The predicted molar refractivity (Wildman–Crippen MR) is 82.2 cm³/mol. The molecule has 1 aliphatic rings. The molecule has 1 heterocycles. The summed E-state index contributed by atoms with van der Waals surface area (Å²) in [6.45, 7) is 0. The van der Waals surface area contributed by atoms with E-state index in [0.717, 1.165) is 0 Å². The minimum Gasteiger partial charge on any atom is -0.507 e. The molecule has 0 amide bonds. The van der Waals surface area contributed by atoms with Gasteiger partial charge >= 0.3 is 6.18 Å². The number of alkyl halides is 3. The van der Waals surface area contributed by atoms with Gasteiger partial charge in [0, 0.05) is 15.6 Å². The van der Waals surface area contributed by atoms with Gasteiger partial charge in [-0.3, -0.25) is 0 Å². The fourth-order valence-corrected chi connectivity index (χ4v) is 2.86. The third kappa shape index (κ3) is 2.69. The summed E-state index contributed by atoms with van der Waals surface area (Å²) in [5, 5.41) is 13.5. The number of oxime groups is 1. The van der Waals surface area contributed by atoms with E-state index in [-0.39, 0.29) is 22.6 Å². The molecule has 0 aromatic heterocycles. The van der Waals surface area contributed by atoms with Crippen molar-refractivity contribution in [3.8, 4) is 5.75 Å². The van der Waals surface area contributed by atoms with Crippen molar-refractivity contribution < 1.29 is 23.1 Å². The van der Waals surface area contributed by atoms with E-state index in [1.807, 2.05) is 0 Å². The van der Waals surface area contributed by atoms with Crippen LogP contribution >= 0.6 is 15.9 Å².